The second-order valence-corrected chi connectivity index (χ2v) is 9.20. The molecular formula is C18H26N2O6S. The highest BCUT2D eigenvalue weighted by atomic mass is 32.2. The second-order valence-electron chi connectivity index (χ2n) is 7.33. The lowest BCUT2D eigenvalue weighted by molar-refractivity contribution is -0.137. The predicted molar refractivity (Wildman–Crippen MR) is 96.7 cm³/mol. The Morgan fingerprint density at radius 3 is 2.41 bits per heavy atom. The van der Waals surface area contributed by atoms with Crippen molar-refractivity contribution in [2.24, 2.45) is 11.8 Å². The molecule has 1 amide bonds. The van der Waals surface area contributed by atoms with Crippen LogP contribution in [0, 0.1) is 11.8 Å². The summed E-state index contributed by atoms with van der Waals surface area (Å²) in [6.45, 7) is 4.07. The van der Waals surface area contributed by atoms with Crippen LogP contribution in [-0.2, 0) is 14.8 Å². The minimum atomic E-state index is -3.88. The minimum absolute atomic E-state index is 0.131. The third-order valence-electron chi connectivity index (χ3n) is 5.17. The summed E-state index contributed by atoms with van der Waals surface area (Å²) >= 11 is 0. The SMILES string of the molecule is CCCN(CC1CC1)C(=O)C1CCN(S(=O)(=O)c2ccc(C(=O)O)o2)CC1. The molecule has 150 valence electrons. The van der Waals surface area contributed by atoms with Crippen LogP contribution in [0.4, 0.5) is 0 Å². The van der Waals surface area contributed by atoms with Crippen molar-refractivity contribution in [1.82, 2.24) is 9.21 Å². The predicted octanol–water partition coefficient (Wildman–Crippen LogP) is 2.03. The number of carbonyl (C=O) groups is 2. The van der Waals surface area contributed by atoms with Gasteiger partial charge in [-0.15, -0.1) is 0 Å². The maximum atomic E-state index is 12.8. The third-order valence-corrected chi connectivity index (χ3v) is 6.94. The zero-order chi connectivity index (χ0) is 19.6. The van der Waals surface area contributed by atoms with Crippen LogP contribution in [0.2, 0.25) is 0 Å². The van der Waals surface area contributed by atoms with Crippen molar-refractivity contribution >= 4 is 21.9 Å². The normalized spacial score (nSPS) is 19.1. The Bertz CT molecular complexity index is 791. The van der Waals surface area contributed by atoms with Crippen molar-refractivity contribution in [3.8, 4) is 0 Å². The number of carboxylic acids is 1. The molecule has 0 bridgehead atoms. The monoisotopic (exact) mass is 398 g/mol. The maximum absolute atomic E-state index is 12.8. The number of amides is 1. The zero-order valence-corrected chi connectivity index (χ0v) is 16.3. The van der Waals surface area contributed by atoms with Crippen molar-refractivity contribution in [3.05, 3.63) is 17.9 Å². The molecule has 1 aliphatic carbocycles. The van der Waals surface area contributed by atoms with Crippen LogP contribution in [0.25, 0.3) is 0 Å². The van der Waals surface area contributed by atoms with E-state index in [1.165, 1.54) is 17.1 Å². The van der Waals surface area contributed by atoms with E-state index >= 15 is 0 Å². The molecule has 0 atom stereocenters. The lowest BCUT2D eigenvalue weighted by atomic mass is 9.96. The maximum Gasteiger partial charge on any atom is 0.371 e. The number of carbonyl (C=O) groups excluding carboxylic acids is 1. The first-order valence-corrected chi connectivity index (χ1v) is 10.9. The number of nitrogens with zero attached hydrogens (tertiary/aromatic N) is 2. The largest absolute Gasteiger partial charge is 0.475 e. The Hall–Kier alpha value is -1.87. The molecule has 8 nitrogen and oxygen atoms in total. The lowest BCUT2D eigenvalue weighted by Gasteiger charge is -2.33. The summed E-state index contributed by atoms with van der Waals surface area (Å²) < 4.78 is 31.5. The molecule has 0 aromatic carbocycles. The molecule has 1 aliphatic heterocycles. The number of hydrogen-bond donors (Lipinski definition) is 1. The number of hydrogen-bond acceptors (Lipinski definition) is 5. The summed E-state index contributed by atoms with van der Waals surface area (Å²) in [5.74, 6) is -1.12. The Morgan fingerprint density at radius 1 is 1.22 bits per heavy atom. The van der Waals surface area contributed by atoms with Crippen LogP contribution < -0.4 is 0 Å². The van der Waals surface area contributed by atoms with Gasteiger partial charge in [-0.1, -0.05) is 6.92 Å². The molecule has 1 saturated heterocycles. The van der Waals surface area contributed by atoms with Crippen molar-refractivity contribution < 1.29 is 27.5 Å². The van der Waals surface area contributed by atoms with E-state index in [2.05, 4.69) is 6.92 Å². The Labute approximate surface area is 159 Å². The highest BCUT2D eigenvalue weighted by molar-refractivity contribution is 7.89. The molecule has 0 radical (unpaired) electrons. The van der Waals surface area contributed by atoms with Gasteiger partial charge >= 0.3 is 5.97 Å². The van der Waals surface area contributed by atoms with Crippen molar-refractivity contribution in [3.63, 3.8) is 0 Å². The smallest absolute Gasteiger partial charge is 0.371 e. The number of rotatable bonds is 8. The number of furan rings is 1. The van der Waals surface area contributed by atoms with Gasteiger partial charge in [-0.2, -0.15) is 4.31 Å². The molecule has 0 spiro atoms. The first kappa shape index (κ1) is 19.9. The number of aromatic carboxylic acids is 1. The molecule has 1 aromatic rings. The third kappa shape index (κ3) is 4.52. The summed E-state index contributed by atoms with van der Waals surface area (Å²) in [5, 5.41) is 8.52. The number of carboxylic acid groups (broad SMARTS) is 1. The average Bonchev–Trinajstić information content (AvgIpc) is 3.31. The summed E-state index contributed by atoms with van der Waals surface area (Å²) in [6, 6.07) is 2.29. The topological polar surface area (TPSA) is 108 Å². The fraction of sp³-hybridized carbons (Fsp3) is 0.667. The zero-order valence-electron chi connectivity index (χ0n) is 15.5. The standard InChI is InChI=1S/C18H26N2O6S/c1-2-9-19(12-13-3-4-13)17(21)14-7-10-20(11-8-14)27(24,25)16-6-5-15(26-16)18(22)23/h5-6,13-14H,2-4,7-12H2,1H3,(H,22,23). The van der Waals surface area contributed by atoms with E-state index in [1.807, 2.05) is 4.90 Å². The summed E-state index contributed by atoms with van der Waals surface area (Å²) in [5.41, 5.74) is 0. The van der Waals surface area contributed by atoms with Gasteiger partial charge in [0.2, 0.25) is 16.8 Å². The minimum Gasteiger partial charge on any atom is -0.475 e. The molecular weight excluding hydrogens is 372 g/mol. The van der Waals surface area contributed by atoms with Gasteiger partial charge in [0.15, 0.2) is 0 Å². The van der Waals surface area contributed by atoms with Gasteiger partial charge < -0.3 is 14.4 Å². The molecule has 1 aromatic heterocycles. The van der Waals surface area contributed by atoms with E-state index in [0.29, 0.717) is 18.8 Å². The van der Waals surface area contributed by atoms with Gasteiger partial charge in [0.25, 0.3) is 10.0 Å². The van der Waals surface area contributed by atoms with Crippen molar-refractivity contribution in [2.75, 3.05) is 26.2 Å². The fourth-order valence-electron chi connectivity index (χ4n) is 3.48. The average molecular weight is 398 g/mol. The van der Waals surface area contributed by atoms with Crippen LogP contribution >= 0.6 is 0 Å². The Kier molecular flexibility index (Phi) is 5.90. The summed E-state index contributed by atoms with van der Waals surface area (Å²) in [4.78, 5) is 25.7. The van der Waals surface area contributed by atoms with E-state index in [1.54, 1.807) is 0 Å². The van der Waals surface area contributed by atoms with Crippen LogP contribution in [0.15, 0.2) is 21.6 Å². The number of sulfonamides is 1. The van der Waals surface area contributed by atoms with Crippen LogP contribution in [0.3, 0.4) is 0 Å². The van der Waals surface area contributed by atoms with Gasteiger partial charge in [-0.3, -0.25) is 4.79 Å². The molecule has 27 heavy (non-hydrogen) atoms. The fourth-order valence-corrected chi connectivity index (χ4v) is 4.86. The Balaban J connectivity index is 1.61. The molecule has 2 fully saturated rings. The Morgan fingerprint density at radius 2 is 1.89 bits per heavy atom. The van der Waals surface area contributed by atoms with E-state index in [0.717, 1.165) is 31.6 Å². The van der Waals surface area contributed by atoms with Gasteiger partial charge in [0, 0.05) is 32.1 Å². The quantitative estimate of drug-likeness (QED) is 0.718. The molecule has 2 aliphatic rings. The van der Waals surface area contributed by atoms with Crippen LogP contribution in [0.5, 0.6) is 0 Å². The summed E-state index contributed by atoms with van der Waals surface area (Å²) in [6.07, 6.45) is 4.22. The van der Waals surface area contributed by atoms with Gasteiger partial charge in [0.05, 0.1) is 0 Å². The number of piperidine rings is 1. The molecule has 3 rings (SSSR count). The van der Waals surface area contributed by atoms with E-state index < -0.39 is 21.8 Å². The molecule has 9 heteroatoms. The summed E-state index contributed by atoms with van der Waals surface area (Å²) in [7, 11) is -3.88. The first-order chi connectivity index (χ1) is 12.8. The van der Waals surface area contributed by atoms with Gasteiger partial charge in [-0.05, 0) is 50.2 Å². The molecule has 1 N–H and O–H groups in total. The highest BCUT2D eigenvalue weighted by Gasteiger charge is 2.36. The van der Waals surface area contributed by atoms with Crippen molar-refractivity contribution in [2.45, 2.75) is 44.1 Å². The molecule has 0 unspecified atom stereocenters. The van der Waals surface area contributed by atoms with Crippen molar-refractivity contribution in [1.29, 1.82) is 0 Å². The first-order valence-electron chi connectivity index (χ1n) is 9.45. The van der Waals surface area contributed by atoms with E-state index in [4.69, 9.17) is 9.52 Å². The second kappa shape index (κ2) is 8.02. The van der Waals surface area contributed by atoms with E-state index in [-0.39, 0.29) is 30.0 Å². The molecule has 2 heterocycles. The highest BCUT2D eigenvalue weighted by Crippen LogP contribution is 2.31. The molecule has 1 saturated carbocycles. The van der Waals surface area contributed by atoms with Gasteiger partial charge in [-0.25, -0.2) is 13.2 Å². The lowest BCUT2D eigenvalue weighted by Crippen LogP contribution is -2.45. The van der Waals surface area contributed by atoms with Gasteiger partial charge in [0.1, 0.15) is 0 Å². The van der Waals surface area contributed by atoms with E-state index in [9.17, 15) is 18.0 Å². The van der Waals surface area contributed by atoms with Crippen LogP contribution in [-0.4, -0.2) is 60.8 Å². The van der Waals surface area contributed by atoms with Crippen LogP contribution in [0.1, 0.15) is 49.6 Å².